The van der Waals surface area contributed by atoms with Crippen LogP contribution in [0.25, 0.3) is 0 Å². The molecule has 1 aromatic carbocycles. The van der Waals surface area contributed by atoms with Gasteiger partial charge in [-0.25, -0.2) is 0 Å². The van der Waals surface area contributed by atoms with E-state index < -0.39 is 0 Å². The van der Waals surface area contributed by atoms with Crippen molar-refractivity contribution in [3.8, 4) is 0 Å². The van der Waals surface area contributed by atoms with Crippen LogP contribution in [-0.2, 0) is 0 Å². The SMILES string of the molecule is CC(CCNCCCN1CCN(C)CC1)c1ccccc1. The van der Waals surface area contributed by atoms with Crippen molar-refractivity contribution in [1.29, 1.82) is 0 Å². The van der Waals surface area contributed by atoms with Gasteiger partial charge in [0.05, 0.1) is 0 Å². The Morgan fingerprint density at radius 2 is 1.76 bits per heavy atom. The lowest BCUT2D eigenvalue weighted by Gasteiger charge is -2.32. The smallest absolute Gasteiger partial charge is 0.0110 e. The van der Waals surface area contributed by atoms with E-state index in [4.69, 9.17) is 0 Å². The molecule has 3 heteroatoms. The van der Waals surface area contributed by atoms with Crippen LogP contribution in [0.4, 0.5) is 0 Å². The highest BCUT2D eigenvalue weighted by molar-refractivity contribution is 5.18. The Labute approximate surface area is 130 Å². The molecule has 1 heterocycles. The first kappa shape index (κ1) is 16.5. The van der Waals surface area contributed by atoms with Crippen LogP contribution in [0.5, 0.6) is 0 Å². The normalized spacial score (nSPS) is 18.8. The fourth-order valence-electron chi connectivity index (χ4n) is 2.89. The topological polar surface area (TPSA) is 18.5 Å². The summed E-state index contributed by atoms with van der Waals surface area (Å²) in [7, 11) is 2.22. The molecule has 1 saturated heterocycles. The van der Waals surface area contributed by atoms with Gasteiger partial charge in [-0.3, -0.25) is 0 Å². The molecule has 0 aromatic heterocycles. The third-order valence-corrected chi connectivity index (χ3v) is 4.55. The van der Waals surface area contributed by atoms with Gasteiger partial charge in [-0.15, -0.1) is 0 Å². The summed E-state index contributed by atoms with van der Waals surface area (Å²) in [5.41, 5.74) is 1.46. The average Bonchev–Trinajstić information content (AvgIpc) is 2.53. The van der Waals surface area contributed by atoms with Crippen LogP contribution in [0.15, 0.2) is 30.3 Å². The molecule has 0 bridgehead atoms. The van der Waals surface area contributed by atoms with Gasteiger partial charge in [-0.2, -0.15) is 0 Å². The van der Waals surface area contributed by atoms with Crippen LogP contribution in [0, 0.1) is 0 Å². The molecule has 1 aliphatic heterocycles. The Hall–Kier alpha value is -0.900. The predicted molar refractivity (Wildman–Crippen MR) is 90.9 cm³/mol. The van der Waals surface area contributed by atoms with Crippen molar-refractivity contribution in [3.05, 3.63) is 35.9 Å². The Kier molecular flexibility index (Phi) is 7.20. The van der Waals surface area contributed by atoms with Crippen molar-refractivity contribution < 1.29 is 0 Å². The van der Waals surface area contributed by atoms with Gasteiger partial charge in [-0.1, -0.05) is 37.3 Å². The van der Waals surface area contributed by atoms with Gasteiger partial charge < -0.3 is 15.1 Å². The van der Waals surface area contributed by atoms with Gasteiger partial charge in [0.15, 0.2) is 0 Å². The highest BCUT2D eigenvalue weighted by Gasteiger charge is 2.12. The second kappa shape index (κ2) is 9.19. The van der Waals surface area contributed by atoms with E-state index in [1.54, 1.807) is 0 Å². The lowest BCUT2D eigenvalue weighted by Crippen LogP contribution is -2.45. The third-order valence-electron chi connectivity index (χ3n) is 4.55. The molecule has 2 rings (SSSR count). The van der Waals surface area contributed by atoms with Crippen LogP contribution < -0.4 is 5.32 Å². The van der Waals surface area contributed by atoms with E-state index in [1.165, 1.54) is 51.1 Å². The van der Waals surface area contributed by atoms with Crippen molar-refractivity contribution in [2.24, 2.45) is 0 Å². The molecule has 1 unspecified atom stereocenters. The highest BCUT2D eigenvalue weighted by atomic mass is 15.2. The van der Waals surface area contributed by atoms with E-state index >= 15 is 0 Å². The largest absolute Gasteiger partial charge is 0.317 e. The van der Waals surface area contributed by atoms with Crippen LogP contribution in [0.2, 0.25) is 0 Å². The zero-order chi connectivity index (χ0) is 14.9. The summed E-state index contributed by atoms with van der Waals surface area (Å²) >= 11 is 0. The Morgan fingerprint density at radius 3 is 2.48 bits per heavy atom. The van der Waals surface area contributed by atoms with E-state index in [2.05, 4.69) is 59.4 Å². The summed E-state index contributed by atoms with van der Waals surface area (Å²) in [5.74, 6) is 0.649. The zero-order valence-electron chi connectivity index (χ0n) is 13.7. The van der Waals surface area contributed by atoms with E-state index in [0.717, 1.165) is 13.1 Å². The maximum Gasteiger partial charge on any atom is 0.0110 e. The van der Waals surface area contributed by atoms with Crippen molar-refractivity contribution in [3.63, 3.8) is 0 Å². The molecule has 1 aromatic rings. The minimum Gasteiger partial charge on any atom is -0.317 e. The van der Waals surface area contributed by atoms with E-state index in [9.17, 15) is 0 Å². The number of nitrogens with one attached hydrogen (secondary N) is 1. The second-order valence-electron chi connectivity index (χ2n) is 6.35. The monoisotopic (exact) mass is 289 g/mol. The molecule has 1 atom stereocenters. The highest BCUT2D eigenvalue weighted by Crippen LogP contribution is 2.17. The van der Waals surface area contributed by atoms with Gasteiger partial charge in [0.1, 0.15) is 0 Å². The quantitative estimate of drug-likeness (QED) is 0.742. The maximum absolute atomic E-state index is 3.60. The molecular formula is C18H31N3. The van der Waals surface area contributed by atoms with Gasteiger partial charge in [-0.05, 0) is 51.0 Å². The van der Waals surface area contributed by atoms with Crippen LogP contribution in [0.3, 0.4) is 0 Å². The molecule has 1 aliphatic rings. The van der Waals surface area contributed by atoms with E-state index in [1.807, 2.05) is 0 Å². The summed E-state index contributed by atoms with van der Waals surface area (Å²) in [6.07, 6.45) is 2.49. The standard InChI is InChI=1S/C18H31N3/c1-17(18-7-4-3-5-8-18)9-11-19-10-6-12-21-15-13-20(2)14-16-21/h3-5,7-8,17,19H,6,9-16H2,1-2H3. The van der Waals surface area contributed by atoms with E-state index in [0.29, 0.717) is 5.92 Å². The Balaban J connectivity index is 1.48. The number of benzene rings is 1. The summed E-state index contributed by atoms with van der Waals surface area (Å²) < 4.78 is 0. The summed E-state index contributed by atoms with van der Waals surface area (Å²) in [6.45, 7) is 10.8. The lowest BCUT2D eigenvalue weighted by molar-refractivity contribution is 0.153. The molecule has 0 radical (unpaired) electrons. The van der Waals surface area contributed by atoms with Crippen molar-refractivity contribution in [2.45, 2.75) is 25.7 Å². The number of hydrogen-bond acceptors (Lipinski definition) is 3. The number of hydrogen-bond donors (Lipinski definition) is 1. The zero-order valence-corrected chi connectivity index (χ0v) is 13.7. The molecule has 0 amide bonds. The molecule has 1 fully saturated rings. The van der Waals surface area contributed by atoms with E-state index in [-0.39, 0.29) is 0 Å². The van der Waals surface area contributed by atoms with Crippen molar-refractivity contribution in [1.82, 2.24) is 15.1 Å². The molecule has 0 saturated carbocycles. The predicted octanol–water partition coefficient (Wildman–Crippen LogP) is 2.41. The molecule has 3 nitrogen and oxygen atoms in total. The van der Waals surface area contributed by atoms with Crippen molar-refractivity contribution in [2.75, 3.05) is 52.9 Å². The molecule has 0 aliphatic carbocycles. The minimum absolute atomic E-state index is 0.649. The fraction of sp³-hybridized carbons (Fsp3) is 0.667. The lowest BCUT2D eigenvalue weighted by atomic mass is 9.98. The molecule has 0 spiro atoms. The first-order chi connectivity index (χ1) is 10.3. The second-order valence-corrected chi connectivity index (χ2v) is 6.35. The molecule has 1 N–H and O–H groups in total. The molecular weight excluding hydrogens is 258 g/mol. The minimum atomic E-state index is 0.649. The van der Waals surface area contributed by atoms with Crippen LogP contribution in [0.1, 0.15) is 31.2 Å². The average molecular weight is 289 g/mol. The Morgan fingerprint density at radius 1 is 1.05 bits per heavy atom. The Bertz CT molecular complexity index is 371. The van der Waals surface area contributed by atoms with Crippen LogP contribution >= 0.6 is 0 Å². The summed E-state index contributed by atoms with van der Waals surface area (Å²) in [4.78, 5) is 5.01. The van der Waals surface area contributed by atoms with Gasteiger partial charge in [0, 0.05) is 26.2 Å². The molecule has 118 valence electrons. The third kappa shape index (κ3) is 6.16. The summed E-state index contributed by atoms with van der Waals surface area (Å²) in [5, 5.41) is 3.60. The number of likely N-dealkylation sites (N-methyl/N-ethyl adjacent to an activating group) is 1. The number of nitrogens with zero attached hydrogens (tertiary/aromatic N) is 2. The van der Waals surface area contributed by atoms with Gasteiger partial charge in [0.2, 0.25) is 0 Å². The van der Waals surface area contributed by atoms with Gasteiger partial charge >= 0.3 is 0 Å². The first-order valence-electron chi connectivity index (χ1n) is 8.42. The maximum atomic E-state index is 3.60. The van der Waals surface area contributed by atoms with Gasteiger partial charge in [0.25, 0.3) is 0 Å². The fourth-order valence-corrected chi connectivity index (χ4v) is 2.89. The van der Waals surface area contributed by atoms with Crippen LogP contribution in [-0.4, -0.2) is 62.7 Å². The molecule has 21 heavy (non-hydrogen) atoms. The number of piperazine rings is 1. The first-order valence-corrected chi connectivity index (χ1v) is 8.42. The summed E-state index contributed by atoms with van der Waals surface area (Å²) in [6, 6.07) is 10.8. The van der Waals surface area contributed by atoms with Crippen molar-refractivity contribution >= 4 is 0 Å². The number of rotatable bonds is 8.